The van der Waals surface area contributed by atoms with Crippen LogP contribution in [0.3, 0.4) is 0 Å². The van der Waals surface area contributed by atoms with Crippen molar-refractivity contribution in [2.24, 2.45) is 0 Å². The first-order valence-electron chi connectivity index (χ1n) is 9.51. The number of nitrogens with zero attached hydrogens (tertiary/aromatic N) is 2. The van der Waals surface area contributed by atoms with Crippen molar-refractivity contribution in [1.82, 2.24) is 9.55 Å². The molecule has 1 fully saturated rings. The van der Waals surface area contributed by atoms with Crippen LogP contribution in [0, 0.1) is 6.92 Å². The Morgan fingerprint density at radius 1 is 1.18 bits per heavy atom. The molecule has 0 amide bonds. The fourth-order valence-electron chi connectivity index (χ4n) is 3.49. The van der Waals surface area contributed by atoms with Crippen LogP contribution in [0.15, 0.2) is 53.3 Å². The molecule has 1 saturated heterocycles. The standard InChI is InChI=1S/C22H22N2O4/c1-15-23-20-8-3-2-7-19(20)21(25)24(15)17-11-9-16(10-12-17)22(26)28-14-18-6-4-5-13-27-18/h2-3,7-12,18H,4-6,13-14H2,1H3. The molecule has 6 nitrogen and oxygen atoms in total. The van der Waals surface area contributed by atoms with Gasteiger partial charge in [0.25, 0.3) is 5.56 Å². The molecule has 2 aromatic carbocycles. The van der Waals surface area contributed by atoms with E-state index < -0.39 is 0 Å². The summed E-state index contributed by atoms with van der Waals surface area (Å²) in [7, 11) is 0. The second kappa shape index (κ2) is 7.94. The largest absolute Gasteiger partial charge is 0.459 e. The van der Waals surface area contributed by atoms with E-state index in [0.717, 1.165) is 25.9 Å². The van der Waals surface area contributed by atoms with Crippen molar-refractivity contribution in [2.75, 3.05) is 13.2 Å². The number of hydrogen-bond donors (Lipinski definition) is 0. The third-order valence-electron chi connectivity index (χ3n) is 4.98. The van der Waals surface area contributed by atoms with Gasteiger partial charge in [0.2, 0.25) is 0 Å². The van der Waals surface area contributed by atoms with Gasteiger partial charge in [-0.1, -0.05) is 12.1 Å². The molecular formula is C22H22N2O4. The van der Waals surface area contributed by atoms with Crippen LogP contribution in [0.4, 0.5) is 0 Å². The Kier molecular flexibility index (Phi) is 5.21. The Morgan fingerprint density at radius 3 is 2.71 bits per heavy atom. The van der Waals surface area contributed by atoms with Crippen LogP contribution in [0.5, 0.6) is 0 Å². The van der Waals surface area contributed by atoms with Gasteiger partial charge in [0.1, 0.15) is 12.4 Å². The molecule has 144 valence electrons. The molecule has 0 spiro atoms. The molecule has 1 aliphatic rings. The molecule has 0 saturated carbocycles. The number of carbonyl (C=O) groups excluding carboxylic acids is 1. The van der Waals surface area contributed by atoms with Gasteiger partial charge in [-0.05, 0) is 62.6 Å². The van der Waals surface area contributed by atoms with Gasteiger partial charge in [-0.25, -0.2) is 9.78 Å². The molecule has 28 heavy (non-hydrogen) atoms. The van der Waals surface area contributed by atoms with Gasteiger partial charge in [0, 0.05) is 6.61 Å². The molecule has 6 heteroatoms. The fraction of sp³-hybridized carbons (Fsp3) is 0.318. The maximum atomic E-state index is 12.9. The molecule has 3 aromatic rings. The second-order valence-electron chi connectivity index (χ2n) is 6.95. The normalized spacial score (nSPS) is 16.8. The van der Waals surface area contributed by atoms with Crippen LogP contribution in [-0.4, -0.2) is 34.8 Å². The summed E-state index contributed by atoms with van der Waals surface area (Å²) in [4.78, 5) is 29.7. The number of rotatable bonds is 4. The van der Waals surface area contributed by atoms with Crippen molar-refractivity contribution < 1.29 is 14.3 Å². The minimum Gasteiger partial charge on any atom is -0.459 e. The molecule has 1 unspecified atom stereocenters. The van der Waals surface area contributed by atoms with E-state index in [1.807, 2.05) is 18.2 Å². The van der Waals surface area contributed by atoms with E-state index in [1.54, 1.807) is 41.8 Å². The predicted molar refractivity (Wildman–Crippen MR) is 106 cm³/mol. The molecule has 0 bridgehead atoms. The van der Waals surface area contributed by atoms with Crippen molar-refractivity contribution in [1.29, 1.82) is 0 Å². The third-order valence-corrected chi connectivity index (χ3v) is 4.98. The van der Waals surface area contributed by atoms with E-state index in [9.17, 15) is 9.59 Å². The Bertz CT molecular complexity index is 1050. The number of hydrogen-bond acceptors (Lipinski definition) is 5. The summed E-state index contributed by atoms with van der Waals surface area (Å²) < 4.78 is 12.5. The average molecular weight is 378 g/mol. The first kappa shape index (κ1) is 18.4. The van der Waals surface area contributed by atoms with Crippen molar-refractivity contribution >= 4 is 16.9 Å². The number of esters is 1. The topological polar surface area (TPSA) is 70.4 Å². The number of ether oxygens (including phenoxy) is 2. The lowest BCUT2D eigenvalue weighted by Gasteiger charge is -2.22. The summed E-state index contributed by atoms with van der Waals surface area (Å²) >= 11 is 0. The van der Waals surface area contributed by atoms with Crippen LogP contribution >= 0.6 is 0 Å². The third kappa shape index (κ3) is 3.68. The van der Waals surface area contributed by atoms with E-state index in [4.69, 9.17) is 9.47 Å². The zero-order valence-corrected chi connectivity index (χ0v) is 15.8. The van der Waals surface area contributed by atoms with Crippen molar-refractivity contribution in [3.8, 4) is 5.69 Å². The molecular weight excluding hydrogens is 356 g/mol. The highest BCUT2D eigenvalue weighted by molar-refractivity contribution is 5.89. The van der Waals surface area contributed by atoms with Crippen LogP contribution < -0.4 is 5.56 Å². The summed E-state index contributed by atoms with van der Waals surface area (Å²) in [5.41, 5.74) is 1.64. The van der Waals surface area contributed by atoms with Crippen molar-refractivity contribution in [3.05, 3.63) is 70.3 Å². The highest BCUT2D eigenvalue weighted by Crippen LogP contribution is 2.16. The molecule has 1 aromatic heterocycles. The van der Waals surface area contributed by atoms with Gasteiger partial charge < -0.3 is 9.47 Å². The SMILES string of the molecule is Cc1nc2ccccc2c(=O)n1-c1ccc(C(=O)OCC2CCCCO2)cc1. The lowest BCUT2D eigenvalue weighted by atomic mass is 10.1. The molecule has 1 aliphatic heterocycles. The monoisotopic (exact) mass is 378 g/mol. The van der Waals surface area contributed by atoms with Gasteiger partial charge in [-0.15, -0.1) is 0 Å². The highest BCUT2D eigenvalue weighted by atomic mass is 16.6. The maximum absolute atomic E-state index is 12.9. The summed E-state index contributed by atoms with van der Waals surface area (Å²) in [6.07, 6.45) is 3.07. The zero-order valence-electron chi connectivity index (χ0n) is 15.8. The van der Waals surface area contributed by atoms with E-state index in [-0.39, 0.29) is 24.2 Å². The first-order chi connectivity index (χ1) is 13.6. The molecule has 2 heterocycles. The van der Waals surface area contributed by atoms with Crippen molar-refractivity contribution in [3.63, 3.8) is 0 Å². The molecule has 1 atom stereocenters. The number of aryl methyl sites for hydroxylation is 1. The molecule has 0 N–H and O–H groups in total. The Morgan fingerprint density at radius 2 is 1.96 bits per heavy atom. The lowest BCUT2D eigenvalue weighted by molar-refractivity contribution is -0.0300. The molecule has 0 aliphatic carbocycles. The lowest BCUT2D eigenvalue weighted by Crippen LogP contribution is -2.26. The summed E-state index contributed by atoms with van der Waals surface area (Å²) in [6, 6.07) is 14.1. The minimum absolute atomic E-state index is 0.0122. The molecule has 0 radical (unpaired) electrons. The fourth-order valence-corrected chi connectivity index (χ4v) is 3.49. The minimum atomic E-state index is -0.388. The van der Waals surface area contributed by atoms with E-state index >= 15 is 0 Å². The van der Waals surface area contributed by atoms with Crippen LogP contribution in [-0.2, 0) is 9.47 Å². The number of aromatic nitrogens is 2. The van der Waals surface area contributed by atoms with E-state index in [1.165, 1.54) is 0 Å². The van der Waals surface area contributed by atoms with Crippen LogP contribution in [0.1, 0.15) is 35.4 Å². The van der Waals surface area contributed by atoms with Gasteiger partial charge in [-0.2, -0.15) is 0 Å². The predicted octanol–water partition coefficient (Wildman–Crippen LogP) is 3.42. The van der Waals surface area contributed by atoms with Gasteiger partial charge >= 0.3 is 5.97 Å². The van der Waals surface area contributed by atoms with Crippen LogP contribution in [0.2, 0.25) is 0 Å². The molecule has 4 rings (SSSR count). The average Bonchev–Trinajstić information content (AvgIpc) is 2.73. The number of para-hydroxylation sites is 1. The zero-order chi connectivity index (χ0) is 19.5. The first-order valence-corrected chi connectivity index (χ1v) is 9.51. The second-order valence-corrected chi connectivity index (χ2v) is 6.95. The summed E-state index contributed by atoms with van der Waals surface area (Å²) in [5.74, 6) is 0.204. The quantitative estimate of drug-likeness (QED) is 0.651. The number of fused-ring (bicyclic) bond motifs is 1. The Labute approximate surface area is 162 Å². The summed E-state index contributed by atoms with van der Waals surface area (Å²) in [6.45, 7) is 2.79. The van der Waals surface area contributed by atoms with Gasteiger partial charge in [0.05, 0.1) is 28.3 Å². The maximum Gasteiger partial charge on any atom is 0.338 e. The summed E-state index contributed by atoms with van der Waals surface area (Å²) in [5, 5.41) is 0.559. The van der Waals surface area contributed by atoms with Gasteiger partial charge in [0.15, 0.2) is 0 Å². The Balaban J connectivity index is 1.54. The van der Waals surface area contributed by atoms with Gasteiger partial charge in [-0.3, -0.25) is 9.36 Å². The number of carbonyl (C=O) groups is 1. The van der Waals surface area contributed by atoms with Crippen LogP contribution in [0.25, 0.3) is 16.6 Å². The van der Waals surface area contributed by atoms with E-state index in [2.05, 4.69) is 4.98 Å². The smallest absolute Gasteiger partial charge is 0.338 e. The highest BCUT2D eigenvalue weighted by Gasteiger charge is 2.17. The van der Waals surface area contributed by atoms with E-state index in [0.29, 0.717) is 28.0 Å². The number of benzene rings is 2. The Hall–Kier alpha value is -2.99. The van der Waals surface area contributed by atoms with Crippen molar-refractivity contribution in [2.45, 2.75) is 32.3 Å².